The maximum atomic E-state index is 9.00. The van der Waals surface area contributed by atoms with E-state index in [1.165, 1.54) is 0 Å². The topological polar surface area (TPSA) is 74.6 Å². The van der Waals surface area contributed by atoms with Crippen molar-refractivity contribution in [2.75, 3.05) is 0 Å². The summed E-state index contributed by atoms with van der Waals surface area (Å²) in [6.07, 6.45) is 0. The van der Waals surface area contributed by atoms with Gasteiger partial charge < -0.3 is 24.1 Å². The number of hydrogen-bond acceptors (Lipinski definition) is 2. The van der Waals surface area contributed by atoms with Gasteiger partial charge >= 0.3 is 26.2 Å². The van der Waals surface area contributed by atoms with E-state index < -0.39 is 11.9 Å². The Hall–Kier alpha value is -0.177. The monoisotopic (exact) mass is 268 g/mol. The van der Waals surface area contributed by atoms with Crippen molar-refractivity contribution in [1.29, 1.82) is 0 Å². The van der Waals surface area contributed by atoms with E-state index in [1.807, 2.05) is 0 Å². The molecule has 0 aliphatic carbocycles. The summed E-state index contributed by atoms with van der Waals surface area (Å²) in [6.45, 7) is 12.2. The largest absolute Gasteiger partial charge is 2.00 e. The Morgan fingerprint density at radius 2 is 0.846 bits per heavy atom. The molecule has 78 valence electrons. The van der Waals surface area contributed by atoms with E-state index in [9.17, 15) is 0 Å². The number of hydrogen-bond donors (Lipinski definition) is 2. The van der Waals surface area contributed by atoms with Gasteiger partial charge in [0.05, 0.1) is 0 Å². The van der Waals surface area contributed by atoms with Crippen LogP contribution in [0.25, 0.3) is 0 Å². The van der Waals surface area contributed by atoms with Crippen LogP contribution < -0.4 is 0 Å². The van der Waals surface area contributed by atoms with E-state index in [0.717, 1.165) is 13.8 Å². The zero-order chi connectivity index (χ0) is 11.2. The van der Waals surface area contributed by atoms with Crippen LogP contribution in [-0.2, 0) is 35.8 Å². The van der Waals surface area contributed by atoms with E-state index in [2.05, 4.69) is 13.8 Å². The minimum absolute atomic E-state index is 0. The summed E-state index contributed by atoms with van der Waals surface area (Å²) >= 11 is 0. The van der Waals surface area contributed by atoms with Crippen LogP contribution in [0.2, 0.25) is 0 Å². The predicted octanol–water partition coefficient (Wildman–Crippen LogP) is 1.86. The van der Waals surface area contributed by atoms with Crippen LogP contribution >= 0.6 is 0 Å². The minimum atomic E-state index is -0.833. The van der Waals surface area contributed by atoms with Crippen molar-refractivity contribution in [1.82, 2.24) is 0 Å². The van der Waals surface area contributed by atoms with Gasteiger partial charge in [-0.15, -0.1) is 0 Å². The van der Waals surface area contributed by atoms with Gasteiger partial charge in [-0.1, -0.05) is 0 Å². The van der Waals surface area contributed by atoms with Crippen molar-refractivity contribution < 1.29 is 46.0 Å². The van der Waals surface area contributed by atoms with Gasteiger partial charge in [0.15, 0.2) is 0 Å². The standard InChI is InChI=1S/2C2H4O2.2C2H5.Zr/c2*1-2(3)4;2*1-2;/h2*1H3,(H,3,4);2*1H2,2H3;/q;;2*-1;+2. The SMILES string of the molecule is CC(=O)O.CC(=O)O.[CH2-]C.[CH2-]C.[Zr+2]. The van der Waals surface area contributed by atoms with Gasteiger partial charge in [-0.3, -0.25) is 9.59 Å². The molecule has 0 atom stereocenters. The number of carboxylic acids is 2. The Bertz CT molecular complexity index is 74.1. The van der Waals surface area contributed by atoms with Gasteiger partial charge in [-0.05, 0) is 0 Å². The zero-order valence-corrected chi connectivity index (χ0v) is 11.1. The van der Waals surface area contributed by atoms with Crippen molar-refractivity contribution in [2.45, 2.75) is 27.7 Å². The van der Waals surface area contributed by atoms with Crippen molar-refractivity contribution in [3.8, 4) is 0 Å². The van der Waals surface area contributed by atoms with Gasteiger partial charge in [0, 0.05) is 13.8 Å². The Balaban J connectivity index is -0.0000000226. The van der Waals surface area contributed by atoms with Crippen LogP contribution in [0, 0.1) is 13.8 Å². The fourth-order valence-corrected chi connectivity index (χ4v) is 0. The average Bonchev–Trinajstić information content (AvgIpc) is 1.93. The molecule has 0 radical (unpaired) electrons. The fourth-order valence-electron chi connectivity index (χ4n) is 0. The van der Waals surface area contributed by atoms with Crippen LogP contribution in [0.15, 0.2) is 0 Å². The molecule has 0 rings (SSSR count). The second-order valence-electron chi connectivity index (χ2n) is 1.04. The quantitative estimate of drug-likeness (QED) is 0.658. The summed E-state index contributed by atoms with van der Waals surface area (Å²) < 4.78 is 0. The molecule has 0 bridgehead atoms. The van der Waals surface area contributed by atoms with Gasteiger partial charge in [-0.25, -0.2) is 0 Å². The molecule has 0 saturated heterocycles. The van der Waals surface area contributed by atoms with E-state index in [0.29, 0.717) is 0 Å². The van der Waals surface area contributed by atoms with Crippen molar-refractivity contribution in [3.63, 3.8) is 0 Å². The summed E-state index contributed by atoms with van der Waals surface area (Å²) in [7, 11) is 0. The van der Waals surface area contributed by atoms with Crippen LogP contribution in [0.5, 0.6) is 0 Å². The van der Waals surface area contributed by atoms with Gasteiger partial charge in [0.2, 0.25) is 0 Å². The molecule has 0 spiro atoms. The van der Waals surface area contributed by atoms with Gasteiger partial charge in [0.1, 0.15) is 0 Å². The van der Waals surface area contributed by atoms with Crippen molar-refractivity contribution >= 4 is 11.9 Å². The smallest absolute Gasteiger partial charge is 0.481 e. The molecular weight excluding hydrogens is 251 g/mol. The summed E-state index contributed by atoms with van der Waals surface area (Å²) in [5.74, 6) is -1.67. The Morgan fingerprint density at radius 3 is 0.846 bits per heavy atom. The molecule has 13 heavy (non-hydrogen) atoms. The van der Waals surface area contributed by atoms with E-state index >= 15 is 0 Å². The summed E-state index contributed by atoms with van der Waals surface area (Å²) in [5, 5.41) is 14.8. The van der Waals surface area contributed by atoms with Crippen LogP contribution in [0.1, 0.15) is 27.7 Å². The summed E-state index contributed by atoms with van der Waals surface area (Å²) in [5.41, 5.74) is 0. The van der Waals surface area contributed by atoms with Crippen molar-refractivity contribution in [3.05, 3.63) is 13.8 Å². The van der Waals surface area contributed by atoms with E-state index in [-0.39, 0.29) is 26.2 Å². The molecule has 2 N–H and O–H groups in total. The maximum Gasteiger partial charge on any atom is 2.00 e. The molecule has 4 nitrogen and oxygen atoms in total. The molecule has 0 saturated carbocycles. The molecule has 5 heteroatoms. The molecule has 0 aromatic rings. The first-order valence-electron chi connectivity index (χ1n) is 3.27. The number of aliphatic carboxylic acids is 2. The molecule has 0 aromatic carbocycles. The van der Waals surface area contributed by atoms with Gasteiger partial charge in [-0.2, -0.15) is 13.8 Å². The first-order valence-corrected chi connectivity index (χ1v) is 3.27. The predicted molar refractivity (Wildman–Crippen MR) is 48.7 cm³/mol. The Morgan fingerprint density at radius 1 is 0.846 bits per heavy atom. The number of rotatable bonds is 0. The summed E-state index contributed by atoms with van der Waals surface area (Å²) in [6, 6.07) is 0. The zero-order valence-electron chi connectivity index (χ0n) is 8.63. The third kappa shape index (κ3) is 36500. The molecule has 0 aliphatic rings. The van der Waals surface area contributed by atoms with Crippen molar-refractivity contribution in [2.24, 2.45) is 0 Å². The Kier molecular flexibility index (Phi) is 92.0. The molecule has 0 aliphatic heterocycles. The van der Waals surface area contributed by atoms with Crippen LogP contribution in [0.3, 0.4) is 0 Å². The second-order valence-corrected chi connectivity index (χ2v) is 1.04. The van der Waals surface area contributed by atoms with E-state index in [4.69, 9.17) is 19.8 Å². The van der Waals surface area contributed by atoms with E-state index in [1.54, 1.807) is 13.8 Å². The Labute approximate surface area is 99.5 Å². The normalized spacial score (nSPS) is 4.77. The fraction of sp³-hybridized carbons (Fsp3) is 0.500. The third-order valence-corrected chi connectivity index (χ3v) is 0. The third-order valence-electron chi connectivity index (χ3n) is 0. The van der Waals surface area contributed by atoms with Gasteiger partial charge in [0.25, 0.3) is 11.9 Å². The maximum absolute atomic E-state index is 9.00. The molecule has 0 amide bonds. The number of carbonyl (C=O) groups is 2. The first-order chi connectivity index (χ1) is 5.46. The molecule has 0 unspecified atom stereocenters. The number of carboxylic acid groups (broad SMARTS) is 2. The molecule has 0 heterocycles. The molecular formula is C8H18O4Zr. The molecule has 0 aromatic heterocycles. The summed E-state index contributed by atoms with van der Waals surface area (Å²) in [4.78, 5) is 18.0. The van der Waals surface area contributed by atoms with Crippen LogP contribution in [0.4, 0.5) is 0 Å². The average molecular weight is 269 g/mol. The second kappa shape index (κ2) is 40.8. The first kappa shape index (κ1) is 29.3. The minimum Gasteiger partial charge on any atom is -0.481 e. The molecule has 0 fully saturated rings. The van der Waals surface area contributed by atoms with Crippen LogP contribution in [-0.4, -0.2) is 22.2 Å².